The van der Waals surface area contributed by atoms with Gasteiger partial charge in [-0.15, -0.1) is 0 Å². The van der Waals surface area contributed by atoms with E-state index in [9.17, 15) is 27.6 Å². The van der Waals surface area contributed by atoms with E-state index in [-0.39, 0.29) is 17.2 Å². The summed E-state index contributed by atoms with van der Waals surface area (Å²) in [5, 5.41) is 2.22. The Bertz CT molecular complexity index is 1440. The minimum absolute atomic E-state index is 0.0729. The van der Waals surface area contributed by atoms with Crippen molar-refractivity contribution < 1.29 is 37.0 Å². The molecule has 0 atom stereocenters. The van der Waals surface area contributed by atoms with Crippen molar-refractivity contribution in [2.45, 2.75) is 12.8 Å². The van der Waals surface area contributed by atoms with Crippen LogP contribution in [0.2, 0.25) is 5.02 Å². The number of benzene rings is 3. The second-order valence-corrected chi connectivity index (χ2v) is 9.65. The third kappa shape index (κ3) is 7.12. The number of thioether (sulfide) groups is 1. The highest BCUT2D eigenvalue weighted by atomic mass is 35.5. The van der Waals surface area contributed by atoms with Gasteiger partial charge in [0.15, 0.2) is 11.5 Å². The van der Waals surface area contributed by atoms with Crippen LogP contribution < -0.4 is 14.8 Å². The molecule has 1 heterocycles. The number of nitrogens with zero attached hydrogens (tertiary/aromatic N) is 1. The third-order valence-corrected chi connectivity index (χ3v) is 6.60. The topological polar surface area (TPSA) is 84.9 Å². The zero-order valence-electron chi connectivity index (χ0n) is 20.3. The molecule has 39 heavy (non-hydrogen) atoms. The SMILES string of the molecule is COc1cc(/C=C2\SC(=O)N(CC(=O)Nc3cccc(C(F)(F)F)c3)C2=O)ccc1OCc1ccc(Cl)cc1. The molecule has 3 aromatic carbocycles. The predicted octanol–water partition coefficient (Wildman–Crippen LogP) is 6.62. The van der Waals surface area contributed by atoms with E-state index in [4.69, 9.17) is 21.1 Å². The minimum Gasteiger partial charge on any atom is -0.493 e. The van der Waals surface area contributed by atoms with E-state index < -0.39 is 35.3 Å². The van der Waals surface area contributed by atoms with Gasteiger partial charge in [-0.05, 0) is 71.4 Å². The zero-order valence-corrected chi connectivity index (χ0v) is 21.8. The first-order valence-electron chi connectivity index (χ1n) is 11.3. The Labute approximate surface area is 230 Å². The van der Waals surface area contributed by atoms with Crippen LogP contribution in [0.25, 0.3) is 6.08 Å². The first kappa shape index (κ1) is 28.1. The van der Waals surface area contributed by atoms with Crippen molar-refractivity contribution in [2.75, 3.05) is 19.0 Å². The van der Waals surface area contributed by atoms with Crippen molar-refractivity contribution in [3.8, 4) is 11.5 Å². The van der Waals surface area contributed by atoms with Gasteiger partial charge in [-0.1, -0.05) is 35.9 Å². The summed E-state index contributed by atoms with van der Waals surface area (Å²) in [5.41, 5.74) is 0.398. The van der Waals surface area contributed by atoms with Crippen molar-refractivity contribution >= 4 is 52.2 Å². The van der Waals surface area contributed by atoms with Gasteiger partial charge in [-0.25, -0.2) is 0 Å². The molecule has 3 aromatic rings. The number of nitrogens with one attached hydrogen (secondary N) is 1. The second kappa shape index (κ2) is 11.8. The summed E-state index contributed by atoms with van der Waals surface area (Å²) < 4.78 is 50.0. The van der Waals surface area contributed by atoms with Gasteiger partial charge in [-0.3, -0.25) is 19.3 Å². The molecule has 1 aliphatic heterocycles. The molecular formula is C27H20ClF3N2O5S. The highest BCUT2D eigenvalue weighted by Crippen LogP contribution is 2.35. The van der Waals surface area contributed by atoms with E-state index in [1.165, 1.54) is 19.3 Å². The van der Waals surface area contributed by atoms with Gasteiger partial charge in [0, 0.05) is 10.7 Å². The van der Waals surface area contributed by atoms with Crippen LogP contribution in [-0.2, 0) is 22.4 Å². The Morgan fingerprint density at radius 1 is 1.05 bits per heavy atom. The lowest BCUT2D eigenvalue weighted by molar-refractivity contribution is -0.137. The monoisotopic (exact) mass is 576 g/mol. The molecule has 1 fully saturated rings. The normalized spacial score (nSPS) is 14.6. The molecule has 0 unspecified atom stereocenters. The van der Waals surface area contributed by atoms with Crippen LogP contribution in [0.4, 0.5) is 23.7 Å². The quantitative estimate of drug-likeness (QED) is 0.303. The minimum atomic E-state index is -4.58. The van der Waals surface area contributed by atoms with Crippen molar-refractivity contribution in [3.05, 3.63) is 93.3 Å². The summed E-state index contributed by atoms with van der Waals surface area (Å²) in [5.74, 6) is -0.658. The van der Waals surface area contributed by atoms with Gasteiger partial charge in [0.1, 0.15) is 13.2 Å². The van der Waals surface area contributed by atoms with E-state index in [1.807, 2.05) is 12.1 Å². The Morgan fingerprint density at radius 2 is 1.79 bits per heavy atom. The van der Waals surface area contributed by atoms with E-state index in [0.717, 1.165) is 28.7 Å². The predicted molar refractivity (Wildman–Crippen MR) is 142 cm³/mol. The number of carbonyl (C=O) groups excluding carboxylic acids is 3. The van der Waals surface area contributed by atoms with E-state index in [1.54, 1.807) is 30.3 Å². The smallest absolute Gasteiger partial charge is 0.416 e. The fourth-order valence-corrected chi connectivity index (χ4v) is 4.50. The molecule has 4 rings (SSSR count). The van der Waals surface area contributed by atoms with Crippen LogP contribution in [0.5, 0.6) is 11.5 Å². The molecule has 1 saturated heterocycles. The van der Waals surface area contributed by atoms with Crippen molar-refractivity contribution in [1.82, 2.24) is 4.90 Å². The van der Waals surface area contributed by atoms with Crippen molar-refractivity contribution in [1.29, 1.82) is 0 Å². The molecule has 0 bridgehead atoms. The highest BCUT2D eigenvalue weighted by Gasteiger charge is 2.36. The molecule has 0 aliphatic carbocycles. The Balaban J connectivity index is 1.41. The number of rotatable bonds is 8. The maximum Gasteiger partial charge on any atom is 0.416 e. The van der Waals surface area contributed by atoms with Gasteiger partial charge in [0.05, 0.1) is 17.6 Å². The van der Waals surface area contributed by atoms with Gasteiger partial charge < -0.3 is 14.8 Å². The number of halogens is 4. The first-order valence-corrected chi connectivity index (χ1v) is 12.5. The molecule has 7 nitrogen and oxygen atoms in total. The van der Waals surface area contributed by atoms with Crippen LogP contribution in [0.3, 0.4) is 0 Å². The van der Waals surface area contributed by atoms with Gasteiger partial charge in [0.25, 0.3) is 11.1 Å². The summed E-state index contributed by atoms with van der Waals surface area (Å²) in [6.07, 6.45) is -3.11. The first-order chi connectivity index (χ1) is 18.5. The number of carbonyl (C=O) groups is 3. The molecule has 0 saturated carbocycles. The zero-order chi connectivity index (χ0) is 28.2. The summed E-state index contributed by atoms with van der Waals surface area (Å²) in [6, 6.07) is 16.2. The lowest BCUT2D eigenvalue weighted by atomic mass is 10.1. The van der Waals surface area contributed by atoms with Crippen LogP contribution in [0, 0.1) is 0 Å². The number of alkyl halides is 3. The number of amides is 3. The highest BCUT2D eigenvalue weighted by molar-refractivity contribution is 8.18. The fraction of sp³-hybridized carbons (Fsp3) is 0.148. The van der Waals surface area contributed by atoms with Gasteiger partial charge in [-0.2, -0.15) is 13.2 Å². The molecule has 1 N–H and O–H groups in total. The summed E-state index contributed by atoms with van der Waals surface area (Å²) >= 11 is 6.54. The lowest BCUT2D eigenvalue weighted by Gasteiger charge is -2.13. The number of methoxy groups -OCH3 is 1. The maximum atomic E-state index is 12.9. The summed E-state index contributed by atoms with van der Waals surface area (Å²) in [4.78, 5) is 38.4. The Hall–Kier alpha value is -3.96. The largest absolute Gasteiger partial charge is 0.493 e. The fourth-order valence-electron chi connectivity index (χ4n) is 3.54. The third-order valence-electron chi connectivity index (χ3n) is 5.44. The van der Waals surface area contributed by atoms with Crippen LogP contribution >= 0.6 is 23.4 Å². The second-order valence-electron chi connectivity index (χ2n) is 8.22. The molecule has 3 amide bonds. The molecular weight excluding hydrogens is 557 g/mol. The average molecular weight is 577 g/mol. The number of hydrogen-bond acceptors (Lipinski definition) is 6. The van der Waals surface area contributed by atoms with Crippen LogP contribution in [0.1, 0.15) is 16.7 Å². The maximum absolute atomic E-state index is 12.9. The molecule has 202 valence electrons. The molecule has 0 aromatic heterocycles. The Kier molecular flexibility index (Phi) is 8.51. The van der Waals surface area contributed by atoms with Crippen molar-refractivity contribution in [3.63, 3.8) is 0 Å². The van der Waals surface area contributed by atoms with E-state index in [2.05, 4.69) is 5.32 Å². The van der Waals surface area contributed by atoms with E-state index >= 15 is 0 Å². The Morgan fingerprint density at radius 3 is 2.49 bits per heavy atom. The standard InChI is InChI=1S/C27H20ClF3N2O5S/c1-37-22-11-17(7-10-21(22)38-15-16-5-8-19(28)9-6-16)12-23-25(35)33(26(36)39-23)14-24(34)32-20-4-2-3-18(13-20)27(29,30)31/h2-13H,14-15H2,1H3,(H,32,34)/b23-12-. The molecule has 0 radical (unpaired) electrons. The molecule has 1 aliphatic rings. The summed E-state index contributed by atoms with van der Waals surface area (Å²) in [7, 11) is 1.46. The van der Waals surface area contributed by atoms with E-state index in [0.29, 0.717) is 33.8 Å². The molecule has 12 heteroatoms. The number of hydrogen-bond donors (Lipinski definition) is 1. The molecule has 0 spiro atoms. The number of anilines is 1. The average Bonchev–Trinajstić information content (AvgIpc) is 3.15. The van der Waals surface area contributed by atoms with Crippen LogP contribution in [0.15, 0.2) is 71.6 Å². The van der Waals surface area contributed by atoms with Crippen LogP contribution in [-0.4, -0.2) is 35.6 Å². The number of ether oxygens (including phenoxy) is 2. The number of imide groups is 1. The summed E-state index contributed by atoms with van der Waals surface area (Å²) in [6.45, 7) is -0.382. The van der Waals surface area contributed by atoms with Gasteiger partial charge in [0.2, 0.25) is 5.91 Å². The van der Waals surface area contributed by atoms with Crippen molar-refractivity contribution in [2.24, 2.45) is 0 Å². The lowest BCUT2D eigenvalue weighted by Crippen LogP contribution is -2.36. The van der Waals surface area contributed by atoms with Gasteiger partial charge >= 0.3 is 6.18 Å².